The zero-order valence-electron chi connectivity index (χ0n) is 32.6. The van der Waals surface area contributed by atoms with Crippen molar-refractivity contribution in [1.29, 1.82) is 0 Å². The Hall–Kier alpha value is -2.97. The molecule has 11 nitrogen and oxygen atoms in total. The molecule has 12 heteroatoms. The number of esters is 2. The Morgan fingerprint density at radius 1 is 0.811 bits per heavy atom. The molecule has 4 rings (SSSR count). The quantitative estimate of drug-likeness (QED) is 0.0529. The summed E-state index contributed by atoms with van der Waals surface area (Å²) in [6.07, 6.45) is 11.3. The summed E-state index contributed by atoms with van der Waals surface area (Å²) in [4.78, 5) is 49.9. The van der Waals surface area contributed by atoms with Gasteiger partial charge in [0.2, 0.25) is 0 Å². The van der Waals surface area contributed by atoms with Crippen LogP contribution in [0.25, 0.3) is 0 Å². The fourth-order valence-corrected chi connectivity index (χ4v) is 10.2. The Labute approximate surface area is 327 Å². The van der Waals surface area contributed by atoms with Gasteiger partial charge in [0, 0.05) is 25.8 Å². The topological polar surface area (TPSA) is 138 Å². The molecule has 4 aliphatic carbocycles. The smallest absolute Gasteiger partial charge is 0.459 e. The zero-order chi connectivity index (χ0) is 38.6. The first kappa shape index (κ1) is 42.8. The van der Waals surface area contributed by atoms with E-state index in [-0.39, 0.29) is 25.1 Å². The van der Waals surface area contributed by atoms with Crippen molar-refractivity contribution in [2.75, 3.05) is 26.3 Å². The molecule has 2 amide bonds. The standard InChI is InChI=1S/C41H60IN2O9/c1-28(26-44-38(48)53-42-34-30-16-12-8-9-13-17-31(30)34)35(45)49-24-21-39(3,4)51-25-22-40(5,6)52-36(46)29(2)27-43-37(47)50-23-19-33-32-18-14-10-11-15-20-41(32,33)7/h19,23,28-34H,12-18,20-22,24-27H2,1-7H3,(H,43,47)(H,44,48)/q-1/b23-19+/t28?,29?,30-,31+,32-,33?,34?,41-/m1/s1. The summed E-state index contributed by atoms with van der Waals surface area (Å²) in [6.45, 7) is 13.9. The Morgan fingerprint density at radius 3 is 2.08 bits per heavy atom. The molecule has 4 unspecified atom stereocenters. The van der Waals surface area contributed by atoms with E-state index in [2.05, 4.69) is 41.2 Å². The molecule has 2 N–H and O–H groups in total. The molecule has 296 valence electrons. The molecule has 2 fully saturated rings. The average Bonchev–Trinajstić information content (AvgIpc) is 3.90. The molecule has 8 atom stereocenters. The summed E-state index contributed by atoms with van der Waals surface area (Å²) in [5.41, 5.74) is -1.16. The Kier molecular flexibility index (Phi) is 15.8. The second-order valence-electron chi connectivity index (χ2n) is 16.4. The molecule has 0 spiro atoms. The molecular formula is C41H60IN2O9-. The SMILES string of the molecule is CC(CNC(=O)O[I-]C1[C@H]2CCC#CCC[C@@H]12)C(=O)OCCC(C)(C)OCCC(C)(C)OC(=O)C(C)CNC(=O)O/C=C/C1[C@H]2CCC#CCC[C@@]12C. The predicted octanol–water partition coefficient (Wildman–Crippen LogP) is 3.69. The predicted molar refractivity (Wildman–Crippen MR) is 195 cm³/mol. The number of fused-ring (bicyclic) bond motifs is 2. The van der Waals surface area contributed by atoms with Crippen LogP contribution in [0.1, 0.15) is 113 Å². The zero-order valence-corrected chi connectivity index (χ0v) is 34.8. The van der Waals surface area contributed by atoms with Crippen LogP contribution in [0.2, 0.25) is 0 Å². The van der Waals surface area contributed by atoms with E-state index in [1.54, 1.807) is 13.8 Å². The first-order valence-corrected chi connectivity index (χ1v) is 21.4. The Morgan fingerprint density at radius 2 is 1.40 bits per heavy atom. The van der Waals surface area contributed by atoms with Crippen LogP contribution in [0.4, 0.5) is 9.59 Å². The molecule has 0 aromatic carbocycles. The van der Waals surface area contributed by atoms with Crippen molar-refractivity contribution in [1.82, 2.24) is 10.6 Å². The minimum Gasteiger partial charge on any atom is -0.459 e. The van der Waals surface area contributed by atoms with E-state index in [0.29, 0.717) is 47.0 Å². The van der Waals surface area contributed by atoms with Crippen molar-refractivity contribution in [2.45, 2.75) is 128 Å². The van der Waals surface area contributed by atoms with Gasteiger partial charge in [-0.15, -0.1) is 11.8 Å². The first-order valence-electron chi connectivity index (χ1n) is 19.3. The Bertz CT molecular complexity index is 1440. The van der Waals surface area contributed by atoms with Crippen molar-refractivity contribution < 1.29 is 62.8 Å². The van der Waals surface area contributed by atoms with E-state index in [0.717, 1.165) is 51.4 Å². The normalized spacial score (nSPS) is 27.2. The van der Waals surface area contributed by atoms with Crippen molar-refractivity contribution in [3.05, 3.63) is 12.3 Å². The third kappa shape index (κ3) is 13.7. The molecule has 4 aliphatic rings. The van der Waals surface area contributed by atoms with Crippen LogP contribution in [0.5, 0.6) is 0 Å². The van der Waals surface area contributed by atoms with Gasteiger partial charge >= 0.3 is 185 Å². The number of allylic oxidation sites excluding steroid dienone is 1. The molecule has 0 radical (unpaired) electrons. The number of alkyl halides is 1. The molecule has 0 aromatic rings. The molecule has 53 heavy (non-hydrogen) atoms. The number of nitrogens with one attached hydrogen (secondary N) is 2. The van der Waals surface area contributed by atoms with Crippen molar-refractivity contribution >= 4 is 24.1 Å². The van der Waals surface area contributed by atoms with Crippen LogP contribution in [-0.2, 0) is 31.6 Å². The number of hydrogen-bond acceptors (Lipinski definition) is 9. The number of hydrogen-bond donors (Lipinski definition) is 2. The van der Waals surface area contributed by atoms with Gasteiger partial charge in [0.1, 0.15) is 5.60 Å². The summed E-state index contributed by atoms with van der Waals surface area (Å²) in [6, 6.07) is 0. The summed E-state index contributed by atoms with van der Waals surface area (Å²) in [7, 11) is 0. The second kappa shape index (κ2) is 19.6. The van der Waals surface area contributed by atoms with E-state index in [9.17, 15) is 19.2 Å². The monoisotopic (exact) mass is 851 g/mol. The number of amides is 2. The molecule has 0 aliphatic heterocycles. The Balaban J connectivity index is 1.03. The molecule has 0 saturated heterocycles. The number of halogens is 1. The number of carbonyl (C=O) groups is 4. The van der Waals surface area contributed by atoms with E-state index < -0.39 is 68.8 Å². The molecule has 0 aromatic heterocycles. The number of carbonyl (C=O) groups excluding carboxylic acids is 4. The van der Waals surface area contributed by atoms with Gasteiger partial charge in [0.15, 0.2) is 0 Å². The van der Waals surface area contributed by atoms with Gasteiger partial charge in [-0.25, -0.2) is 4.79 Å². The van der Waals surface area contributed by atoms with E-state index >= 15 is 0 Å². The van der Waals surface area contributed by atoms with E-state index in [4.69, 9.17) is 22.0 Å². The van der Waals surface area contributed by atoms with Gasteiger partial charge in [-0.1, -0.05) is 13.8 Å². The fourth-order valence-electron chi connectivity index (χ4n) is 7.18. The maximum absolute atomic E-state index is 12.8. The van der Waals surface area contributed by atoms with Crippen LogP contribution < -0.4 is 32.3 Å². The number of alkyl carbamates (subject to hydrolysis) is 1. The summed E-state index contributed by atoms with van der Waals surface area (Å²) in [5.74, 6) is 13.2. The molecule has 0 heterocycles. The number of ether oxygens (including phenoxy) is 4. The van der Waals surface area contributed by atoms with Crippen LogP contribution in [0.15, 0.2) is 12.3 Å². The third-order valence-electron chi connectivity index (χ3n) is 11.1. The van der Waals surface area contributed by atoms with Gasteiger partial charge in [0.05, 0.1) is 12.2 Å². The van der Waals surface area contributed by atoms with E-state index in [1.807, 2.05) is 33.8 Å². The molecule has 2 saturated carbocycles. The summed E-state index contributed by atoms with van der Waals surface area (Å²) in [5, 5.41) is 5.35. The first-order chi connectivity index (χ1) is 25.1. The minimum absolute atomic E-state index is 0.0859. The van der Waals surface area contributed by atoms with Crippen molar-refractivity contribution in [2.24, 2.45) is 40.9 Å². The minimum atomic E-state index is -0.798. The van der Waals surface area contributed by atoms with Gasteiger partial charge in [-0.05, 0) is 50.0 Å². The van der Waals surface area contributed by atoms with Gasteiger partial charge in [0.25, 0.3) is 0 Å². The average molecular weight is 852 g/mol. The van der Waals surface area contributed by atoms with Crippen LogP contribution in [-0.4, -0.2) is 65.6 Å². The third-order valence-corrected chi connectivity index (χ3v) is 14.2. The van der Waals surface area contributed by atoms with Crippen molar-refractivity contribution in [3.8, 4) is 23.7 Å². The summed E-state index contributed by atoms with van der Waals surface area (Å²) >= 11 is -0.689. The molecular weight excluding hydrogens is 791 g/mol. The van der Waals surface area contributed by atoms with Gasteiger partial charge < -0.3 is 14.8 Å². The van der Waals surface area contributed by atoms with Crippen LogP contribution in [0.3, 0.4) is 0 Å². The van der Waals surface area contributed by atoms with Gasteiger partial charge in [-0.3, -0.25) is 4.79 Å². The number of rotatable bonds is 18. The second-order valence-corrected chi connectivity index (χ2v) is 18.8. The van der Waals surface area contributed by atoms with Crippen LogP contribution in [0, 0.1) is 64.6 Å². The van der Waals surface area contributed by atoms with Crippen molar-refractivity contribution in [3.63, 3.8) is 0 Å². The van der Waals surface area contributed by atoms with Gasteiger partial charge in [-0.2, -0.15) is 0 Å². The van der Waals surface area contributed by atoms with E-state index in [1.165, 1.54) is 6.26 Å². The molecule has 0 bridgehead atoms. The summed E-state index contributed by atoms with van der Waals surface area (Å²) < 4.78 is 28.6. The fraction of sp³-hybridized carbons (Fsp3) is 0.756. The maximum atomic E-state index is 12.8. The van der Waals surface area contributed by atoms with Crippen LogP contribution >= 0.6 is 0 Å².